The van der Waals surface area contributed by atoms with Crippen molar-refractivity contribution < 1.29 is 14.3 Å². The molecule has 7 nitrogen and oxygen atoms in total. The summed E-state index contributed by atoms with van der Waals surface area (Å²) in [6.07, 6.45) is 2.77. The highest BCUT2D eigenvalue weighted by atomic mass is 32.1. The van der Waals surface area contributed by atoms with Crippen molar-refractivity contribution in [3.63, 3.8) is 0 Å². The highest BCUT2D eigenvalue weighted by Gasteiger charge is 2.06. The van der Waals surface area contributed by atoms with Crippen LogP contribution in [0, 0.1) is 0 Å². The normalized spacial score (nSPS) is 10.4. The third kappa shape index (κ3) is 6.26. The first kappa shape index (κ1) is 18.4. The molecule has 0 saturated carbocycles. The number of ether oxygens (including phenoxy) is 1. The lowest BCUT2D eigenvalue weighted by Crippen LogP contribution is -2.30. The second-order valence-corrected chi connectivity index (χ2v) is 6.98. The van der Waals surface area contributed by atoms with Crippen molar-refractivity contribution in [3.05, 3.63) is 33.0 Å². The molecule has 2 aromatic heterocycles. The van der Waals surface area contributed by atoms with E-state index in [2.05, 4.69) is 21.7 Å². The minimum Gasteiger partial charge on any atom is -0.449 e. The first-order valence-corrected chi connectivity index (χ1v) is 9.24. The lowest BCUT2D eigenvalue weighted by Gasteiger charge is -2.02. The van der Waals surface area contributed by atoms with Gasteiger partial charge < -0.3 is 10.1 Å². The third-order valence-corrected chi connectivity index (χ3v) is 4.98. The Bertz CT molecular complexity index is 684. The maximum atomic E-state index is 11.0. The average Bonchev–Trinajstić information content (AvgIpc) is 3.18. The zero-order chi connectivity index (χ0) is 17.4. The Morgan fingerprint density at radius 3 is 2.83 bits per heavy atom. The number of thiophene rings is 1. The molecule has 0 spiro atoms. The summed E-state index contributed by atoms with van der Waals surface area (Å²) >= 11 is 3.15. The van der Waals surface area contributed by atoms with Gasteiger partial charge in [-0.15, -0.1) is 22.7 Å². The zero-order valence-corrected chi connectivity index (χ0v) is 15.0. The smallest absolute Gasteiger partial charge is 0.421 e. The standard InChI is InChI=1S/C15H20N4O3S2/c1-10(20)17-14-18-12(9-24-14)5-4-11-7-13(23-8-11)3-2-6-22-15(21)19-16/h7-9H,2-6,16H2,1H3,(H,19,21)(H,17,18,20). The van der Waals surface area contributed by atoms with Crippen molar-refractivity contribution in [1.29, 1.82) is 0 Å². The number of hydrazine groups is 1. The summed E-state index contributed by atoms with van der Waals surface area (Å²) in [6, 6.07) is 2.18. The highest BCUT2D eigenvalue weighted by molar-refractivity contribution is 7.13. The number of hydrogen-bond acceptors (Lipinski definition) is 7. The molecule has 2 amide bonds. The molecule has 2 aromatic rings. The van der Waals surface area contributed by atoms with Crippen LogP contribution in [0.3, 0.4) is 0 Å². The number of aromatic nitrogens is 1. The minimum atomic E-state index is -0.608. The Morgan fingerprint density at radius 2 is 2.08 bits per heavy atom. The first-order chi connectivity index (χ1) is 11.6. The number of amides is 2. The van der Waals surface area contributed by atoms with Crippen molar-refractivity contribution in [1.82, 2.24) is 10.4 Å². The van der Waals surface area contributed by atoms with Gasteiger partial charge in [-0.1, -0.05) is 0 Å². The largest absolute Gasteiger partial charge is 0.449 e. The van der Waals surface area contributed by atoms with Crippen LogP contribution in [0.15, 0.2) is 16.8 Å². The van der Waals surface area contributed by atoms with Crippen molar-refractivity contribution in [2.75, 3.05) is 11.9 Å². The molecule has 0 aromatic carbocycles. The first-order valence-electron chi connectivity index (χ1n) is 7.48. The fourth-order valence-corrected chi connectivity index (χ4v) is 3.80. The summed E-state index contributed by atoms with van der Waals surface area (Å²) < 4.78 is 4.85. The number of hydrogen-bond donors (Lipinski definition) is 3. The van der Waals surface area contributed by atoms with E-state index < -0.39 is 6.09 Å². The maximum absolute atomic E-state index is 11.0. The molecule has 0 aliphatic rings. The predicted molar refractivity (Wildman–Crippen MR) is 95.1 cm³/mol. The number of carbonyl (C=O) groups excluding carboxylic acids is 2. The Balaban J connectivity index is 1.72. The van der Waals surface area contributed by atoms with Crippen molar-refractivity contribution in [2.24, 2.45) is 5.84 Å². The summed E-state index contributed by atoms with van der Waals surface area (Å²) in [5.74, 6) is 4.82. The van der Waals surface area contributed by atoms with E-state index in [1.807, 2.05) is 10.8 Å². The van der Waals surface area contributed by atoms with E-state index in [1.54, 1.807) is 11.3 Å². The fourth-order valence-electron chi connectivity index (χ4n) is 2.04. The van der Waals surface area contributed by atoms with E-state index in [0.717, 1.165) is 31.4 Å². The van der Waals surface area contributed by atoms with E-state index >= 15 is 0 Å². The number of thiazole rings is 1. The van der Waals surface area contributed by atoms with Crippen molar-refractivity contribution >= 4 is 39.8 Å². The number of nitrogens with zero attached hydrogens (tertiary/aromatic N) is 1. The van der Waals surface area contributed by atoms with Gasteiger partial charge in [-0.05, 0) is 42.7 Å². The van der Waals surface area contributed by atoms with Crippen LogP contribution in [0.2, 0.25) is 0 Å². The van der Waals surface area contributed by atoms with Crippen molar-refractivity contribution in [2.45, 2.75) is 32.6 Å². The molecule has 0 aliphatic carbocycles. The molecule has 0 saturated heterocycles. The molecule has 0 unspecified atom stereocenters. The molecular weight excluding hydrogens is 348 g/mol. The number of nitrogens with two attached hydrogens (primary N) is 1. The van der Waals surface area contributed by atoms with Gasteiger partial charge in [-0.3, -0.25) is 10.2 Å². The molecule has 0 aliphatic heterocycles. The maximum Gasteiger partial charge on any atom is 0.421 e. The van der Waals surface area contributed by atoms with Gasteiger partial charge in [-0.25, -0.2) is 15.6 Å². The highest BCUT2D eigenvalue weighted by Crippen LogP contribution is 2.20. The lowest BCUT2D eigenvalue weighted by atomic mass is 10.1. The summed E-state index contributed by atoms with van der Waals surface area (Å²) in [7, 11) is 0. The monoisotopic (exact) mass is 368 g/mol. The van der Waals surface area contributed by atoms with Crippen LogP contribution >= 0.6 is 22.7 Å². The second kappa shape index (κ2) is 9.36. The summed E-state index contributed by atoms with van der Waals surface area (Å²) in [5, 5.41) is 7.45. The summed E-state index contributed by atoms with van der Waals surface area (Å²) in [6.45, 7) is 1.82. The van der Waals surface area contributed by atoms with Crippen LogP contribution < -0.4 is 16.6 Å². The Labute approximate surface area is 148 Å². The van der Waals surface area contributed by atoms with E-state index in [-0.39, 0.29) is 5.91 Å². The van der Waals surface area contributed by atoms with Gasteiger partial charge in [0.15, 0.2) is 5.13 Å². The van der Waals surface area contributed by atoms with Gasteiger partial charge in [0.1, 0.15) is 0 Å². The average molecular weight is 368 g/mol. The van der Waals surface area contributed by atoms with Crippen LogP contribution in [-0.2, 0) is 28.8 Å². The molecular formula is C15H20N4O3S2. The molecule has 0 radical (unpaired) electrons. The number of rotatable bonds is 8. The molecule has 0 bridgehead atoms. The third-order valence-electron chi connectivity index (χ3n) is 3.13. The van der Waals surface area contributed by atoms with Crippen LogP contribution in [-0.4, -0.2) is 23.6 Å². The topological polar surface area (TPSA) is 106 Å². The Morgan fingerprint density at radius 1 is 1.25 bits per heavy atom. The van der Waals surface area contributed by atoms with Gasteiger partial charge in [0.25, 0.3) is 0 Å². The number of carbonyl (C=O) groups is 2. The summed E-state index contributed by atoms with van der Waals surface area (Å²) in [5.41, 5.74) is 4.18. The van der Waals surface area contributed by atoms with E-state index in [0.29, 0.717) is 11.7 Å². The fraction of sp³-hybridized carbons (Fsp3) is 0.400. The molecule has 2 heterocycles. The Hall–Kier alpha value is -1.97. The predicted octanol–water partition coefficient (Wildman–Crippen LogP) is 2.48. The van der Waals surface area contributed by atoms with Gasteiger partial charge in [0, 0.05) is 17.2 Å². The van der Waals surface area contributed by atoms with Gasteiger partial charge >= 0.3 is 6.09 Å². The number of anilines is 1. The molecule has 2 rings (SSSR count). The molecule has 0 fully saturated rings. The molecule has 0 atom stereocenters. The van der Waals surface area contributed by atoms with Crippen LogP contribution in [0.1, 0.15) is 29.5 Å². The minimum absolute atomic E-state index is 0.105. The SMILES string of the molecule is CC(=O)Nc1nc(CCc2csc(CCCOC(=O)NN)c2)cs1. The van der Waals surface area contributed by atoms with E-state index in [4.69, 9.17) is 10.6 Å². The van der Waals surface area contributed by atoms with Gasteiger partial charge in [-0.2, -0.15) is 0 Å². The Kier molecular flexibility index (Phi) is 7.16. The molecule has 24 heavy (non-hydrogen) atoms. The quantitative estimate of drug-likeness (QED) is 0.287. The molecule has 130 valence electrons. The van der Waals surface area contributed by atoms with E-state index in [1.165, 1.54) is 28.7 Å². The second-order valence-electron chi connectivity index (χ2n) is 5.13. The lowest BCUT2D eigenvalue weighted by molar-refractivity contribution is -0.114. The molecule has 4 N–H and O–H groups in total. The van der Waals surface area contributed by atoms with Crippen LogP contribution in [0.5, 0.6) is 0 Å². The van der Waals surface area contributed by atoms with Gasteiger partial charge in [0.2, 0.25) is 5.91 Å². The molecule has 9 heteroatoms. The zero-order valence-electron chi connectivity index (χ0n) is 13.3. The number of aryl methyl sites for hydroxylation is 3. The van der Waals surface area contributed by atoms with Crippen molar-refractivity contribution in [3.8, 4) is 0 Å². The van der Waals surface area contributed by atoms with Gasteiger partial charge in [0.05, 0.1) is 12.3 Å². The van der Waals surface area contributed by atoms with Crippen LogP contribution in [0.4, 0.5) is 9.93 Å². The summed E-state index contributed by atoms with van der Waals surface area (Å²) in [4.78, 5) is 27.5. The number of nitrogens with one attached hydrogen (secondary N) is 2. The van der Waals surface area contributed by atoms with E-state index in [9.17, 15) is 9.59 Å². The van der Waals surface area contributed by atoms with Crippen LogP contribution in [0.25, 0.3) is 0 Å².